The van der Waals surface area contributed by atoms with Crippen molar-refractivity contribution >= 4 is 25.7 Å². The van der Waals surface area contributed by atoms with Crippen molar-refractivity contribution in [1.82, 2.24) is 10.6 Å². The van der Waals surface area contributed by atoms with Crippen LogP contribution in [-0.2, 0) is 32.7 Å². The molecule has 2 unspecified atom stereocenters. The number of aryl methyl sites for hydroxylation is 1. The zero-order valence-corrected chi connectivity index (χ0v) is 21.3. The molecule has 0 aromatic heterocycles. The third-order valence-corrected chi connectivity index (χ3v) is 6.79. The van der Waals surface area contributed by atoms with E-state index in [0.717, 1.165) is 24.1 Å². The number of halogens is 2. The smallest absolute Gasteiger partial charge is 0.352 e. The van der Waals surface area contributed by atoms with Crippen LogP contribution in [-0.4, -0.2) is 46.5 Å². The maximum Gasteiger partial charge on any atom is 0.399 e. The van der Waals surface area contributed by atoms with Gasteiger partial charge < -0.3 is 30.9 Å². The van der Waals surface area contributed by atoms with Crippen LogP contribution in [0.3, 0.4) is 0 Å². The summed E-state index contributed by atoms with van der Waals surface area (Å²) in [6, 6.07) is 9.62. The van der Waals surface area contributed by atoms with E-state index in [0.29, 0.717) is 43.2 Å². The number of benzene rings is 2. The highest BCUT2D eigenvalue weighted by Crippen LogP contribution is 2.59. The standard InChI is InChI=1S/C25H32F2N3O6P/c1-2-17-6-10-19(11-7-17)23(32)29-14-4-3-5-21(16-31)30-24(33)22(28)15-18-8-12-20(13-9-18)25(26,27)37(34,35)36/h6-13,16,21-22H,2-5,14-15,28H2,1H3,(H,29,32)(H,30,33)(H2,34,35,36). The summed E-state index contributed by atoms with van der Waals surface area (Å²) >= 11 is 0. The maximum absolute atomic E-state index is 13.8. The molecule has 0 aliphatic heterocycles. The molecule has 202 valence electrons. The molecule has 2 amide bonds. The summed E-state index contributed by atoms with van der Waals surface area (Å²) in [5.41, 5.74) is 2.80. The number of hydrogen-bond acceptors (Lipinski definition) is 5. The molecule has 0 radical (unpaired) electrons. The fourth-order valence-corrected chi connectivity index (χ4v) is 3.99. The van der Waals surface area contributed by atoms with E-state index < -0.39 is 36.8 Å². The summed E-state index contributed by atoms with van der Waals surface area (Å²) in [7, 11) is -5.68. The van der Waals surface area contributed by atoms with Gasteiger partial charge in [-0.05, 0) is 55.4 Å². The van der Waals surface area contributed by atoms with Crippen LogP contribution >= 0.6 is 7.60 Å². The van der Waals surface area contributed by atoms with Gasteiger partial charge in [-0.2, -0.15) is 8.78 Å². The molecular formula is C25H32F2N3O6P. The number of rotatable bonds is 14. The summed E-state index contributed by atoms with van der Waals surface area (Å²) in [5.74, 6) is -0.794. The largest absolute Gasteiger partial charge is 0.399 e. The minimum absolute atomic E-state index is 0.0373. The Morgan fingerprint density at radius 3 is 2.19 bits per heavy atom. The maximum atomic E-state index is 13.8. The van der Waals surface area contributed by atoms with Crippen LogP contribution in [0.2, 0.25) is 0 Å². The Morgan fingerprint density at radius 2 is 1.65 bits per heavy atom. The van der Waals surface area contributed by atoms with Crippen molar-refractivity contribution < 1.29 is 37.5 Å². The molecule has 0 aliphatic rings. The quantitative estimate of drug-likeness (QED) is 0.140. The molecule has 0 heterocycles. The van der Waals surface area contributed by atoms with Crippen molar-refractivity contribution in [3.05, 3.63) is 70.8 Å². The van der Waals surface area contributed by atoms with Gasteiger partial charge in [-0.25, -0.2) is 0 Å². The highest BCUT2D eigenvalue weighted by Gasteiger charge is 2.50. The summed E-state index contributed by atoms with van der Waals surface area (Å²) in [5, 5.41) is 5.35. The molecule has 0 fully saturated rings. The van der Waals surface area contributed by atoms with E-state index in [4.69, 9.17) is 15.5 Å². The second kappa shape index (κ2) is 13.5. The number of hydrogen-bond donors (Lipinski definition) is 5. The van der Waals surface area contributed by atoms with Crippen molar-refractivity contribution in [3.8, 4) is 0 Å². The fourth-order valence-electron chi connectivity index (χ4n) is 3.51. The predicted octanol–water partition coefficient (Wildman–Crippen LogP) is 2.63. The van der Waals surface area contributed by atoms with Crippen molar-refractivity contribution in [3.63, 3.8) is 0 Å². The van der Waals surface area contributed by atoms with Crippen LogP contribution in [0.4, 0.5) is 8.78 Å². The number of carbonyl (C=O) groups excluding carboxylic acids is 3. The van der Waals surface area contributed by atoms with Gasteiger partial charge in [-0.1, -0.05) is 43.3 Å². The van der Waals surface area contributed by atoms with Crippen molar-refractivity contribution in [1.29, 1.82) is 0 Å². The third kappa shape index (κ3) is 8.82. The van der Waals surface area contributed by atoms with Crippen LogP contribution in [0, 0.1) is 0 Å². The predicted molar refractivity (Wildman–Crippen MR) is 134 cm³/mol. The Hall–Kier alpha value is -2.98. The summed E-state index contributed by atoms with van der Waals surface area (Å²) in [6.45, 7) is 2.44. The molecule has 6 N–H and O–H groups in total. The fraction of sp³-hybridized carbons (Fsp3) is 0.400. The molecule has 0 aliphatic carbocycles. The van der Waals surface area contributed by atoms with Crippen molar-refractivity contribution in [2.24, 2.45) is 5.73 Å². The second-order valence-electron chi connectivity index (χ2n) is 8.65. The van der Waals surface area contributed by atoms with E-state index in [2.05, 4.69) is 10.6 Å². The second-order valence-corrected chi connectivity index (χ2v) is 10.3. The van der Waals surface area contributed by atoms with Gasteiger partial charge in [-0.3, -0.25) is 14.2 Å². The summed E-state index contributed by atoms with van der Waals surface area (Å²) < 4.78 is 38.5. The number of nitrogens with one attached hydrogen (secondary N) is 2. The van der Waals surface area contributed by atoms with Crippen LogP contribution in [0.1, 0.15) is 53.2 Å². The monoisotopic (exact) mass is 539 g/mol. The van der Waals surface area contributed by atoms with Gasteiger partial charge in [0, 0.05) is 17.7 Å². The van der Waals surface area contributed by atoms with Gasteiger partial charge in [0.25, 0.3) is 5.91 Å². The van der Waals surface area contributed by atoms with E-state index in [9.17, 15) is 27.7 Å². The lowest BCUT2D eigenvalue weighted by Crippen LogP contribution is -2.47. The van der Waals surface area contributed by atoms with Crippen LogP contribution in [0.5, 0.6) is 0 Å². The zero-order valence-electron chi connectivity index (χ0n) is 20.4. The third-order valence-electron chi connectivity index (χ3n) is 5.80. The molecule has 12 heteroatoms. The minimum Gasteiger partial charge on any atom is -0.352 e. The summed E-state index contributed by atoms with van der Waals surface area (Å²) in [4.78, 5) is 53.6. The molecule has 2 aromatic carbocycles. The van der Waals surface area contributed by atoms with Gasteiger partial charge in [0.05, 0.1) is 12.1 Å². The molecule has 0 saturated heterocycles. The average Bonchev–Trinajstić information content (AvgIpc) is 2.87. The lowest BCUT2D eigenvalue weighted by molar-refractivity contribution is -0.125. The van der Waals surface area contributed by atoms with E-state index >= 15 is 0 Å². The lowest BCUT2D eigenvalue weighted by atomic mass is 10.0. The van der Waals surface area contributed by atoms with Gasteiger partial charge in [0.1, 0.15) is 6.29 Å². The number of carbonyl (C=O) groups is 3. The molecule has 9 nitrogen and oxygen atoms in total. The topological polar surface area (TPSA) is 159 Å². The first-order valence-corrected chi connectivity index (χ1v) is 13.4. The average molecular weight is 540 g/mol. The van der Waals surface area contributed by atoms with Gasteiger partial charge in [-0.15, -0.1) is 0 Å². The van der Waals surface area contributed by atoms with Crippen LogP contribution in [0.15, 0.2) is 48.5 Å². The normalized spacial score (nSPS) is 13.5. The Morgan fingerprint density at radius 1 is 1.05 bits per heavy atom. The Labute approximate surface area is 214 Å². The van der Waals surface area contributed by atoms with Crippen molar-refractivity contribution in [2.45, 2.75) is 56.8 Å². The number of unbranched alkanes of at least 4 members (excludes halogenated alkanes) is 1. The van der Waals surface area contributed by atoms with E-state index in [1.54, 1.807) is 12.1 Å². The number of aldehydes is 1. The zero-order chi connectivity index (χ0) is 27.6. The van der Waals surface area contributed by atoms with Crippen LogP contribution in [0.25, 0.3) is 0 Å². The van der Waals surface area contributed by atoms with Gasteiger partial charge in [0.15, 0.2) is 0 Å². The van der Waals surface area contributed by atoms with Crippen LogP contribution < -0.4 is 16.4 Å². The van der Waals surface area contributed by atoms with E-state index in [1.165, 1.54) is 12.1 Å². The number of alkyl halides is 2. The lowest BCUT2D eigenvalue weighted by Gasteiger charge is -2.19. The highest BCUT2D eigenvalue weighted by atomic mass is 31.2. The molecule has 0 bridgehead atoms. The molecule has 0 spiro atoms. The molecule has 0 saturated carbocycles. The number of amides is 2. The molecule has 2 atom stereocenters. The van der Waals surface area contributed by atoms with Gasteiger partial charge >= 0.3 is 13.3 Å². The van der Waals surface area contributed by atoms with E-state index in [1.807, 2.05) is 19.1 Å². The Kier molecular flexibility index (Phi) is 11.1. The van der Waals surface area contributed by atoms with Crippen molar-refractivity contribution in [2.75, 3.05) is 6.54 Å². The van der Waals surface area contributed by atoms with Gasteiger partial charge in [0.2, 0.25) is 5.91 Å². The molecular weight excluding hydrogens is 507 g/mol. The van der Waals surface area contributed by atoms with E-state index in [-0.39, 0.29) is 12.3 Å². The first kappa shape index (κ1) is 30.2. The Bertz CT molecular complexity index is 1110. The Balaban J connectivity index is 1.76. The SMILES string of the molecule is CCc1ccc(C(=O)NCCCCC(C=O)NC(=O)C(N)Cc2ccc(C(F)(F)P(=O)(O)O)cc2)cc1. The first-order chi connectivity index (χ1) is 17.4. The minimum atomic E-state index is -5.68. The molecule has 37 heavy (non-hydrogen) atoms. The first-order valence-electron chi connectivity index (χ1n) is 11.8. The highest BCUT2D eigenvalue weighted by molar-refractivity contribution is 7.52. The molecule has 2 aromatic rings. The summed E-state index contributed by atoms with van der Waals surface area (Å²) in [6.07, 6.45) is 2.94. The number of nitrogens with two attached hydrogens (primary N) is 1. The molecule has 2 rings (SSSR count).